The highest BCUT2D eigenvalue weighted by atomic mass is 35.5. The van der Waals surface area contributed by atoms with E-state index in [1.165, 1.54) is 17.8 Å². The van der Waals surface area contributed by atoms with Crippen molar-refractivity contribution >= 4 is 22.9 Å². The van der Waals surface area contributed by atoms with Gasteiger partial charge in [0.15, 0.2) is 0 Å². The van der Waals surface area contributed by atoms with Gasteiger partial charge in [0.25, 0.3) is 0 Å². The molecule has 1 saturated carbocycles. The minimum atomic E-state index is 0.366. The molecule has 3 atom stereocenters. The van der Waals surface area contributed by atoms with Crippen LogP contribution in [0.1, 0.15) is 37.1 Å². The molecule has 0 N–H and O–H groups in total. The molecule has 0 radical (unpaired) electrons. The Balaban J connectivity index is 2.12. The predicted molar refractivity (Wildman–Crippen MR) is 57.5 cm³/mol. The minimum absolute atomic E-state index is 0.366. The third-order valence-electron chi connectivity index (χ3n) is 2.90. The molecule has 13 heavy (non-hydrogen) atoms. The Labute approximate surface area is 88.1 Å². The maximum atomic E-state index is 6.17. The van der Waals surface area contributed by atoms with Crippen molar-refractivity contribution in [1.29, 1.82) is 0 Å². The van der Waals surface area contributed by atoms with Crippen LogP contribution in [0.3, 0.4) is 0 Å². The van der Waals surface area contributed by atoms with Gasteiger partial charge >= 0.3 is 0 Å². The smallest absolute Gasteiger partial charge is 0.0958 e. The summed E-state index contributed by atoms with van der Waals surface area (Å²) < 4.78 is 0. The van der Waals surface area contributed by atoms with Crippen molar-refractivity contribution in [3.05, 3.63) is 16.6 Å². The van der Waals surface area contributed by atoms with Crippen LogP contribution in [0.15, 0.2) is 11.6 Å². The summed E-state index contributed by atoms with van der Waals surface area (Å²) in [5, 5.41) is 3.70. The molecular formula is C10H14ClNS. The van der Waals surface area contributed by atoms with Crippen LogP contribution in [-0.2, 0) is 0 Å². The minimum Gasteiger partial charge on any atom is -0.249 e. The Hall–Kier alpha value is -0.0800. The van der Waals surface area contributed by atoms with Gasteiger partial charge in [0.1, 0.15) is 0 Å². The second-order valence-electron chi connectivity index (χ2n) is 3.86. The van der Waals surface area contributed by atoms with Gasteiger partial charge < -0.3 is 0 Å². The lowest BCUT2D eigenvalue weighted by molar-refractivity contribution is 0.334. The Morgan fingerprint density at radius 3 is 3.08 bits per heavy atom. The Morgan fingerprint density at radius 2 is 2.38 bits per heavy atom. The number of halogens is 1. The molecule has 0 saturated heterocycles. The monoisotopic (exact) mass is 215 g/mol. The van der Waals surface area contributed by atoms with Crippen molar-refractivity contribution in [2.45, 2.75) is 37.5 Å². The van der Waals surface area contributed by atoms with Crippen LogP contribution in [0.5, 0.6) is 0 Å². The highest BCUT2D eigenvalue weighted by molar-refractivity contribution is 7.09. The summed E-state index contributed by atoms with van der Waals surface area (Å²) in [6.07, 6.45) is 5.42. The van der Waals surface area contributed by atoms with E-state index in [-0.39, 0.29) is 0 Å². The van der Waals surface area contributed by atoms with Crippen LogP contribution in [0, 0.1) is 5.92 Å². The number of thiazole rings is 1. The molecule has 0 amide bonds. The van der Waals surface area contributed by atoms with Gasteiger partial charge in [-0.05, 0) is 25.2 Å². The summed E-state index contributed by atoms with van der Waals surface area (Å²) in [4.78, 5) is 4.38. The lowest BCUT2D eigenvalue weighted by Crippen LogP contribution is -2.21. The van der Waals surface area contributed by atoms with Crippen molar-refractivity contribution < 1.29 is 0 Å². The molecule has 3 unspecified atom stereocenters. The van der Waals surface area contributed by atoms with Gasteiger partial charge in [0.2, 0.25) is 0 Å². The zero-order valence-electron chi connectivity index (χ0n) is 7.74. The van der Waals surface area contributed by atoms with Gasteiger partial charge in [-0.15, -0.1) is 22.9 Å². The molecule has 1 aliphatic rings. The molecule has 0 aliphatic heterocycles. The lowest BCUT2D eigenvalue weighted by atomic mass is 9.80. The van der Waals surface area contributed by atoms with E-state index in [1.54, 1.807) is 11.3 Å². The average Bonchev–Trinajstić information content (AvgIpc) is 2.61. The lowest BCUT2D eigenvalue weighted by Gasteiger charge is -2.30. The Kier molecular flexibility index (Phi) is 2.89. The molecule has 0 aromatic carbocycles. The van der Waals surface area contributed by atoms with Gasteiger partial charge in [-0.3, -0.25) is 0 Å². The SMILES string of the molecule is CC1CCC(Cl)CC1c1nccs1. The van der Waals surface area contributed by atoms with Crippen LogP contribution >= 0.6 is 22.9 Å². The van der Waals surface area contributed by atoms with Crippen LogP contribution in [0.2, 0.25) is 0 Å². The molecule has 0 bridgehead atoms. The van der Waals surface area contributed by atoms with Crippen LogP contribution in [0.25, 0.3) is 0 Å². The van der Waals surface area contributed by atoms with Gasteiger partial charge in [-0.25, -0.2) is 4.98 Å². The maximum Gasteiger partial charge on any atom is 0.0958 e. The highest BCUT2D eigenvalue weighted by Crippen LogP contribution is 2.39. The first-order chi connectivity index (χ1) is 6.27. The summed E-state index contributed by atoms with van der Waals surface area (Å²) in [6, 6.07) is 0. The molecule has 3 heteroatoms. The Morgan fingerprint density at radius 1 is 1.54 bits per heavy atom. The Bertz CT molecular complexity index is 260. The fraction of sp³-hybridized carbons (Fsp3) is 0.700. The van der Waals surface area contributed by atoms with Crippen molar-refractivity contribution in [3.8, 4) is 0 Å². The first-order valence-corrected chi connectivity index (χ1v) is 6.12. The molecular weight excluding hydrogens is 202 g/mol. The second-order valence-corrected chi connectivity index (χ2v) is 5.41. The molecule has 72 valence electrons. The van der Waals surface area contributed by atoms with E-state index in [2.05, 4.69) is 17.3 Å². The maximum absolute atomic E-state index is 6.17. The van der Waals surface area contributed by atoms with Crippen molar-refractivity contribution in [2.75, 3.05) is 0 Å². The summed E-state index contributed by atoms with van der Waals surface area (Å²) >= 11 is 7.94. The summed E-state index contributed by atoms with van der Waals surface area (Å²) in [6.45, 7) is 2.31. The second kappa shape index (κ2) is 3.97. The molecule has 1 aliphatic carbocycles. The van der Waals surface area contributed by atoms with E-state index in [9.17, 15) is 0 Å². The molecule has 1 heterocycles. The standard InChI is InChI=1S/C10H14ClNS/c1-7-2-3-8(11)6-9(7)10-12-4-5-13-10/h4-5,7-9H,2-3,6H2,1H3. The van der Waals surface area contributed by atoms with E-state index < -0.39 is 0 Å². The quantitative estimate of drug-likeness (QED) is 0.652. The van der Waals surface area contributed by atoms with Crippen LogP contribution in [-0.4, -0.2) is 10.4 Å². The van der Waals surface area contributed by atoms with Gasteiger partial charge in [0.05, 0.1) is 5.01 Å². The van der Waals surface area contributed by atoms with Crippen molar-refractivity contribution in [3.63, 3.8) is 0 Å². The van der Waals surface area contributed by atoms with Gasteiger partial charge in [-0.1, -0.05) is 6.92 Å². The molecule has 1 aromatic heterocycles. The predicted octanol–water partition coefficient (Wildman–Crippen LogP) is 3.65. The molecule has 0 spiro atoms. The van der Waals surface area contributed by atoms with Crippen molar-refractivity contribution in [1.82, 2.24) is 4.98 Å². The molecule has 1 aromatic rings. The summed E-state index contributed by atoms with van der Waals surface area (Å²) in [5.41, 5.74) is 0. The third-order valence-corrected chi connectivity index (χ3v) is 4.20. The third kappa shape index (κ3) is 2.05. The van der Waals surface area contributed by atoms with Crippen LogP contribution in [0.4, 0.5) is 0 Å². The number of hydrogen-bond acceptors (Lipinski definition) is 2. The zero-order valence-corrected chi connectivity index (χ0v) is 9.31. The van der Waals surface area contributed by atoms with E-state index in [1.807, 2.05) is 6.20 Å². The first kappa shape index (κ1) is 9.47. The number of hydrogen-bond donors (Lipinski definition) is 0. The van der Waals surface area contributed by atoms with E-state index in [0.29, 0.717) is 11.3 Å². The zero-order chi connectivity index (χ0) is 9.26. The fourth-order valence-corrected chi connectivity index (χ4v) is 3.24. The molecule has 1 fully saturated rings. The van der Waals surface area contributed by atoms with E-state index >= 15 is 0 Å². The summed E-state index contributed by atoms with van der Waals surface area (Å²) in [7, 11) is 0. The van der Waals surface area contributed by atoms with E-state index in [4.69, 9.17) is 11.6 Å². The fourth-order valence-electron chi connectivity index (χ4n) is 2.03. The van der Waals surface area contributed by atoms with Gasteiger partial charge in [0, 0.05) is 22.9 Å². The number of nitrogens with zero attached hydrogens (tertiary/aromatic N) is 1. The first-order valence-electron chi connectivity index (χ1n) is 4.81. The molecule has 1 nitrogen and oxygen atoms in total. The largest absolute Gasteiger partial charge is 0.249 e. The molecule has 2 rings (SSSR count). The number of rotatable bonds is 1. The van der Waals surface area contributed by atoms with E-state index in [0.717, 1.165) is 12.3 Å². The average molecular weight is 216 g/mol. The van der Waals surface area contributed by atoms with Crippen LogP contribution < -0.4 is 0 Å². The topological polar surface area (TPSA) is 12.9 Å². The van der Waals surface area contributed by atoms with Gasteiger partial charge in [-0.2, -0.15) is 0 Å². The normalized spacial score (nSPS) is 34.8. The highest BCUT2D eigenvalue weighted by Gasteiger charge is 2.29. The number of aromatic nitrogens is 1. The number of alkyl halides is 1. The summed E-state index contributed by atoms with van der Waals surface area (Å²) in [5.74, 6) is 1.36. The van der Waals surface area contributed by atoms with Crippen molar-refractivity contribution in [2.24, 2.45) is 5.92 Å².